The molecule has 2 heterocycles. The minimum Gasteiger partial charge on any atom is -0.383 e. The van der Waals surface area contributed by atoms with Gasteiger partial charge in [0.15, 0.2) is 10.8 Å². The molecule has 3 aromatic rings. The summed E-state index contributed by atoms with van der Waals surface area (Å²) in [6, 6.07) is 7.26. The van der Waals surface area contributed by atoms with Gasteiger partial charge in [-0.2, -0.15) is 5.10 Å². The summed E-state index contributed by atoms with van der Waals surface area (Å²) in [7, 11) is 1.66. The molecule has 0 aliphatic heterocycles. The fourth-order valence-corrected chi connectivity index (χ4v) is 3.23. The molecule has 154 valence electrons. The predicted octanol–water partition coefficient (Wildman–Crippen LogP) is 2.62. The Labute approximate surface area is 178 Å². The monoisotopic (exact) mass is 434 g/mol. The molecule has 1 amide bonds. The van der Waals surface area contributed by atoms with E-state index in [1.165, 1.54) is 11.8 Å². The number of nitrogens with one attached hydrogen (secondary N) is 2. The van der Waals surface area contributed by atoms with Crippen LogP contribution in [0.1, 0.15) is 5.56 Å². The molecule has 0 atom stereocenters. The molecule has 0 bridgehead atoms. The van der Waals surface area contributed by atoms with Gasteiger partial charge in [-0.25, -0.2) is 14.6 Å². The highest BCUT2D eigenvalue weighted by Gasteiger charge is 2.13. The van der Waals surface area contributed by atoms with Crippen molar-refractivity contribution in [1.29, 1.82) is 0 Å². The van der Waals surface area contributed by atoms with Crippen molar-refractivity contribution in [3.63, 3.8) is 0 Å². The summed E-state index contributed by atoms with van der Waals surface area (Å²) in [5.41, 5.74) is 1.65. The van der Waals surface area contributed by atoms with E-state index in [4.69, 9.17) is 16.3 Å². The Morgan fingerprint density at radius 3 is 2.76 bits per heavy atom. The number of nitrogens with zero attached hydrogens (tertiary/aromatic N) is 4. The van der Waals surface area contributed by atoms with Crippen molar-refractivity contribution in [2.45, 2.75) is 18.1 Å². The Bertz CT molecular complexity index is 963. The molecule has 10 heteroatoms. The van der Waals surface area contributed by atoms with E-state index in [2.05, 4.69) is 25.7 Å². The normalized spacial score (nSPS) is 11.0. The maximum Gasteiger partial charge on any atom is 0.224 e. The Morgan fingerprint density at radius 2 is 2.03 bits per heavy atom. The number of halogens is 1. The van der Waals surface area contributed by atoms with Crippen molar-refractivity contribution in [3.05, 3.63) is 41.0 Å². The lowest BCUT2D eigenvalue weighted by Crippen LogP contribution is -2.28. The van der Waals surface area contributed by atoms with Gasteiger partial charge in [0.25, 0.3) is 0 Å². The number of carbonyl (C=O) groups excluding carboxylic acids is 1. The van der Waals surface area contributed by atoms with Gasteiger partial charge < -0.3 is 15.4 Å². The Morgan fingerprint density at radius 1 is 1.24 bits per heavy atom. The van der Waals surface area contributed by atoms with E-state index in [0.717, 1.165) is 22.4 Å². The quantitative estimate of drug-likeness (QED) is 0.288. The van der Waals surface area contributed by atoms with Crippen LogP contribution in [0, 0.1) is 0 Å². The Balaban J connectivity index is 1.63. The number of carbonyl (C=O) groups is 1. The number of rotatable bonds is 10. The van der Waals surface area contributed by atoms with Gasteiger partial charge in [-0.3, -0.25) is 4.79 Å². The van der Waals surface area contributed by atoms with Gasteiger partial charge >= 0.3 is 0 Å². The van der Waals surface area contributed by atoms with Crippen LogP contribution >= 0.6 is 23.4 Å². The lowest BCUT2D eigenvalue weighted by atomic mass is 10.1. The number of fused-ring (bicyclic) bond motifs is 1. The average molecular weight is 435 g/mol. The molecule has 0 aliphatic carbocycles. The zero-order valence-corrected chi connectivity index (χ0v) is 17.9. The van der Waals surface area contributed by atoms with E-state index in [9.17, 15) is 4.79 Å². The number of benzene rings is 1. The molecule has 8 nitrogen and oxygen atoms in total. The minimum absolute atomic E-state index is 0.0508. The van der Waals surface area contributed by atoms with Gasteiger partial charge in [0.05, 0.1) is 31.2 Å². The number of hydrogen-bond acceptors (Lipinski definition) is 7. The van der Waals surface area contributed by atoms with Crippen LogP contribution in [0.5, 0.6) is 0 Å². The summed E-state index contributed by atoms with van der Waals surface area (Å²) in [5.74, 6) is 0.680. The van der Waals surface area contributed by atoms with Gasteiger partial charge in [-0.1, -0.05) is 35.5 Å². The zero-order chi connectivity index (χ0) is 20.6. The number of hydrogen-bond donors (Lipinski definition) is 2. The summed E-state index contributed by atoms with van der Waals surface area (Å²) < 4.78 is 6.86. The molecule has 0 saturated heterocycles. The first-order valence-electron chi connectivity index (χ1n) is 9.12. The maximum atomic E-state index is 12.2. The molecular formula is C19H23ClN6O2S. The number of thioether (sulfide) groups is 1. The second-order valence-electron chi connectivity index (χ2n) is 6.24. The van der Waals surface area contributed by atoms with E-state index >= 15 is 0 Å². The van der Waals surface area contributed by atoms with E-state index in [-0.39, 0.29) is 5.91 Å². The third-order valence-electron chi connectivity index (χ3n) is 4.18. The average Bonchev–Trinajstić information content (AvgIpc) is 3.13. The second kappa shape index (κ2) is 10.4. The highest BCUT2D eigenvalue weighted by Crippen LogP contribution is 2.23. The zero-order valence-electron chi connectivity index (χ0n) is 16.3. The van der Waals surface area contributed by atoms with Crippen LogP contribution in [0.4, 0.5) is 5.82 Å². The fraction of sp³-hybridized carbons (Fsp3) is 0.368. The summed E-state index contributed by atoms with van der Waals surface area (Å²) in [4.78, 5) is 21.3. The number of methoxy groups -OCH3 is 1. The van der Waals surface area contributed by atoms with Crippen LogP contribution in [-0.2, 0) is 22.5 Å². The van der Waals surface area contributed by atoms with Crippen molar-refractivity contribution in [2.75, 3.05) is 38.4 Å². The molecule has 0 aliphatic rings. The van der Waals surface area contributed by atoms with Crippen LogP contribution < -0.4 is 10.6 Å². The number of amides is 1. The topological polar surface area (TPSA) is 94.0 Å². The second-order valence-corrected chi connectivity index (χ2v) is 7.45. The van der Waals surface area contributed by atoms with E-state index in [1.54, 1.807) is 30.1 Å². The first-order chi connectivity index (χ1) is 14.1. The molecule has 0 unspecified atom stereocenters. The van der Waals surface area contributed by atoms with Crippen LogP contribution in [-0.4, -0.2) is 58.7 Å². The van der Waals surface area contributed by atoms with Gasteiger partial charge in [0.2, 0.25) is 5.91 Å². The Kier molecular flexibility index (Phi) is 7.68. The standard InChI is InChI=1S/C19H23ClN6O2S/c1-28-10-8-22-17-15-12-23-26(18(15)25-19(24-17)29-2)9-7-21-16(27)11-13-3-5-14(20)6-4-13/h3-6,12H,7-11H2,1-2H3,(H,21,27)(H,22,24,25). The highest BCUT2D eigenvalue weighted by atomic mass is 35.5. The first kappa shape index (κ1) is 21.4. The molecular weight excluding hydrogens is 412 g/mol. The number of aromatic nitrogens is 4. The molecule has 0 saturated carbocycles. The van der Waals surface area contributed by atoms with E-state index in [1.807, 2.05) is 18.4 Å². The minimum atomic E-state index is -0.0508. The molecule has 2 N–H and O–H groups in total. The van der Waals surface area contributed by atoms with Crippen LogP contribution in [0.25, 0.3) is 11.0 Å². The number of ether oxygens (including phenoxy) is 1. The van der Waals surface area contributed by atoms with Gasteiger partial charge in [-0.05, 0) is 24.0 Å². The maximum absolute atomic E-state index is 12.2. The van der Waals surface area contributed by atoms with Crippen LogP contribution in [0.2, 0.25) is 5.02 Å². The molecule has 0 radical (unpaired) electrons. The SMILES string of the molecule is COCCNc1nc(SC)nc2c1cnn2CCNC(=O)Cc1ccc(Cl)cc1. The van der Waals surface area contributed by atoms with Gasteiger partial charge in [0, 0.05) is 25.2 Å². The molecule has 3 rings (SSSR count). The van der Waals surface area contributed by atoms with Crippen LogP contribution in [0.15, 0.2) is 35.6 Å². The highest BCUT2D eigenvalue weighted by molar-refractivity contribution is 7.98. The Hall–Kier alpha value is -2.36. The predicted molar refractivity (Wildman–Crippen MR) is 116 cm³/mol. The lowest BCUT2D eigenvalue weighted by molar-refractivity contribution is -0.120. The molecule has 1 aromatic carbocycles. The lowest BCUT2D eigenvalue weighted by Gasteiger charge is -2.09. The van der Waals surface area contributed by atoms with Crippen LogP contribution in [0.3, 0.4) is 0 Å². The first-order valence-corrected chi connectivity index (χ1v) is 10.7. The summed E-state index contributed by atoms with van der Waals surface area (Å²) in [5, 5.41) is 12.8. The summed E-state index contributed by atoms with van der Waals surface area (Å²) >= 11 is 7.34. The summed E-state index contributed by atoms with van der Waals surface area (Å²) in [6.45, 7) is 2.18. The molecule has 29 heavy (non-hydrogen) atoms. The van der Waals surface area contributed by atoms with Crippen molar-refractivity contribution in [3.8, 4) is 0 Å². The largest absolute Gasteiger partial charge is 0.383 e. The van der Waals surface area contributed by atoms with Gasteiger partial charge in [0.1, 0.15) is 5.82 Å². The summed E-state index contributed by atoms with van der Waals surface area (Å²) in [6.07, 6.45) is 3.98. The van der Waals surface area contributed by atoms with E-state index in [0.29, 0.717) is 42.8 Å². The third kappa shape index (κ3) is 5.81. The number of anilines is 1. The third-order valence-corrected chi connectivity index (χ3v) is 4.98. The van der Waals surface area contributed by atoms with Crippen molar-refractivity contribution < 1.29 is 9.53 Å². The van der Waals surface area contributed by atoms with Crippen molar-refractivity contribution >= 4 is 46.1 Å². The van der Waals surface area contributed by atoms with E-state index < -0.39 is 0 Å². The molecule has 2 aromatic heterocycles. The van der Waals surface area contributed by atoms with Crippen molar-refractivity contribution in [2.24, 2.45) is 0 Å². The molecule has 0 fully saturated rings. The fourth-order valence-electron chi connectivity index (χ4n) is 2.75. The van der Waals surface area contributed by atoms with Gasteiger partial charge in [-0.15, -0.1) is 0 Å². The smallest absolute Gasteiger partial charge is 0.224 e. The molecule has 0 spiro atoms. The van der Waals surface area contributed by atoms with Crippen molar-refractivity contribution in [1.82, 2.24) is 25.1 Å².